The molecular weight excluding hydrogens is 300 g/mol. The Bertz CT molecular complexity index is 783. The van der Waals surface area contributed by atoms with Crippen LogP contribution in [0.1, 0.15) is 12.5 Å². The Morgan fingerprint density at radius 2 is 2.10 bits per heavy atom. The van der Waals surface area contributed by atoms with E-state index in [1.807, 2.05) is 36.0 Å². The second kappa shape index (κ2) is 6.60. The summed E-state index contributed by atoms with van der Waals surface area (Å²) in [7, 11) is 0. The van der Waals surface area contributed by atoms with Gasteiger partial charge in [0.25, 0.3) is 0 Å². The average molecular weight is 314 g/mol. The number of pyridine rings is 1. The van der Waals surface area contributed by atoms with Gasteiger partial charge in [0.1, 0.15) is 0 Å². The second-order valence-corrected chi connectivity index (χ2v) is 5.98. The predicted octanol–water partition coefficient (Wildman–Crippen LogP) is 3.48. The summed E-state index contributed by atoms with van der Waals surface area (Å²) >= 11 is 3.31. The van der Waals surface area contributed by atoms with E-state index in [1.165, 1.54) is 4.88 Å². The Kier molecular flexibility index (Phi) is 4.37. The van der Waals surface area contributed by atoms with Gasteiger partial charge in [0, 0.05) is 24.3 Å². The van der Waals surface area contributed by atoms with Gasteiger partial charge in [-0.2, -0.15) is 5.10 Å². The second-order valence-electron chi connectivity index (χ2n) is 4.19. The molecule has 0 aliphatic carbocycles. The molecule has 3 heterocycles. The lowest BCUT2D eigenvalue weighted by atomic mass is 10.3. The van der Waals surface area contributed by atoms with Gasteiger partial charge in [-0.25, -0.2) is 4.68 Å². The maximum atomic E-state index is 4.60. The van der Waals surface area contributed by atoms with Crippen molar-refractivity contribution in [2.45, 2.75) is 6.92 Å². The Balaban J connectivity index is 2.05. The standard InChI is InChI=1S/C15H14N4S2/c1-2-17-15-19(18-10-12-5-7-16-8-6-12)13(11-21-15)14-4-3-9-20-14/h3-11H,2H2,1H3. The predicted molar refractivity (Wildman–Crippen MR) is 89.0 cm³/mol. The molecule has 0 aliphatic heterocycles. The van der Waals surface area contributed by atoms with Crippen molar-refractivity contribution in [3.63, 3.8) is 0 Å². The first kappa shape index (κ1) is 13.9. The molecule has 0 saturated carbocycles. The molecule has 6 heteroatoms. The summed E-state index contributed by atoms with van der Waals surface area (Å²) < 4.78 is 1.90. The summed E-state index contributed by atoms with van der Waals surface area (Å²) in [6, 6.07) is 8.00. The maximum absolute atomic E-state index is 4.60. The largest absolute Gasteiger partial charge is 0.265 e. The van der Waals surface area contributed by atoms with Crippen molar-refractivity contribution in [3.05, 3.63) is 57.8 Å². The fourth-order valence-electron chi connectivity index (χ4n) is 1.82. The van der Waals surface area contributed by atoms with Gasteiger partial charge in [-0.15, -0.1) is 22.7 Å². The van der Waals surface area contributed by atoms with Gasteiger partial charge < -0.3 is 0 Å². The molecule has 0 unspecified atom stereocenters. The molecule has 21 heavy (non-hydrogen) atoms. The molecule has 0 radical (unpaired) electrons. The lowest BCUT2D eigenvalue weighted by molar-refractivity contribution is 0.834. The summed E-state index contributed by atoms with van der Waals surface area (Å²) in [6.07, 6.45) is 5.36. The first-order valence-corrected chi connectivity index (χ1v) is 8.33. The molecule has 4 nitrogen and oxygen atoms in total. The zero-order valence-corrected chi connectivity index (χ0v) is 13.1. The Morgan fingerprint density at radius 3 is 2.81 bits per heavy atom. The highest BCUT2D eigenvalue weighted by molar-refractivity contribution is 7.14. The molecule has 0 aliphatic rings. The van der Waals surface area contributed by atoms with Crippen LogP contribution in [0.2, 0.25) is 0 Å². The minimum absolute atomic E-state index is 0.745. The van der Waals surface area contributed by atoms with Crippen LogP contribution in [0, 0.1) is 0 Å². The average Bonchev–Trinajstić information content (AvgIpc) is 3.16. The summed E-state index contributed by atoms with van der Waals surface area (Å²) in [5.41, 5.74) is 2.09. The lowest BCUT2D eigenvalue weighted by Gasteiger charge is -2.00. The topological polar surface area (TPSA) is 42.5 Å². The number of thiophene rings is 1. The fraction of sp³-hybridized carbons (Fsp3) is 0.133. The van der Waals surface area contributed by atoms with Crippen LogP contribution in [-0.4, -0.2) is 22.4 Å². The SMILES string of the molecule is CCN=c1scc(-c2cccs2)n1N=Cc1ccncc1. The molecule has 0 saturated heterocycles. The van der Waals surface area contributed by atoms with Crippen molar-refractivity contribution < 1.29 is 0 Å². The number of hydrogen-bond donors (Lipinski definition) is 0. The molecule has 106 valence electrons. The van der Waals surface area contributed by atoms with Crippen molar-refractivity contribution >= 4 is 28.9 Å². The van der Waals surface area contributed by atoms with Gasteiger partial charge in [0.05, 0.1) is 16.8 Å². The molecule has 3 aromatic heterocycles. The first-order valence-electron chi connectivity index (χ1n) is 6.58. The quantitative estimate of drug-likeness (QED) is 0.680. The van der Waals surface area contributed by atoms with Crippen LogP contribution in [0.25, 0.3) is 10.6 Å². The summed E-state index contributed by atoms with van der Waals surface area (Å²) in [5.74, 6) is 0. The van der Waals surface area contributed by atoms with Crippen molar-refractivity contribution in [3.8, 4) is 10.6 Å². The zero-order valence-electron chi connectivity index (χ0n) is 11.5. The van der Waals surface area contributed by atoms with Crippen LogP contribution in [0.3, 0.4) is 0 Å². The highest BCUT2D eigenvalue weighted by Crippen LogP contribution is 2.24. The van der Waals surface area contributed by atoms with E-state index in [-0.39, 0.29) is 0 Å². The van der Waals surface area contributed by atoms with E-state index in [1.54, 1.807) is 35.1 Å². The molecule has 0 bridgehead atoms. The van der Waals surface area contributed by atoms with Gasteiger partial charge in [0.15, 0.2) is 0 Å². The van der Waals surface area contributed by atoms with Crippen molar-refractivity contribution in [1.29, 1.82) is 0 Å². The van der Waals surface area contributed by atoms with Gasteiger partial charge in [-0.05, 0) is 36.1 Å². The number of aromatic nitrogens is 2. The number of thiazole rings is 1. The van der Waals surface area contributed by atoms with Gasteiger partial charge in [-0.1, -0.05) is 6.07 Å². The molecule has 0 atom stereocenters. The molecule has 3 rings (SSSR count). The summed E-state index contributed by atoms with van der Waals surface area (Å²) in [4.78, 5) is 10.6. The van der Waals surface area contributed by atoms with E-state index in [0.717, 1.165) is 22.6 Å². The molecule has 0 N–H and O–H groups in total. The number of nitrogens with zero attached hydrogens (tertiary/aromatic N) is 4. The summed E-state index contributed by atoms with van der Waals surface area (Å²) in [5, 5.41) is 8.77. The molecule has 0 spiro atoms. The monoisotopic (exact) mass is 314 g/mol. The number of hydrogen-bond acceptors (Lipinski definition) is 5. The highest BCUT2D eigenvalue weighted by atomic mass is 32.1. The van der Waals surface area contributed by atoms with E-state index in [2.05, 4.69) is 31.9 Å². The van der Waals surface area contributed by atoms with Crippen LogP contribution < -0.4 is 4.80 Å². The van der Waals surface area contributed by atoms with Gasteiger partial charge >= 0.3 is 0 Å². The number of rotatable bonds is 4. The van der Waals surface area contributed by atoms with Crippen LogP contribution in [-0.2, 0) is 0 Å². The molecule has 0 aromatic carbocycles. The maximum Gasteiger partial charge on any atom is 0.206 e. The Labute approximate surface area is 130 Å². The molecular formula is C15H14N4S2. The van der Waals surface area contributed by atoms with Crippen molar-refractivity contribution in [2.75, 3.05) is 6.54 Å². The molecule has 3 aromatic rings. The van der Waals surface area contributed by atoms with E-state index in [4.69, 9.17) is 0 Å². The lowest BCUT2D eigenvalue weighted by Crippen LogP contribution is -2.12. The molecule has 0 fully saturated rings. The van der Waals surface area contributed by atoms with Crippen LogP contribution in [0.4, 0.5) is 0 Å². The van der Waals surface area contributed by atoms with Crippen LogP contribution in [0.5, 0.6) is 0 Å². The van der Waals surface area contributed by atoms with Gasteiger partial charge in [-0.3, -0.25) is 9.98 Å². The smallest absolute Gasteiger partial charge is 0.206 e. The van der Waals surface area contributed by atoms with Crippen molar-refractivity contribution in [2.24, 2.45) is 10.1 Å². The van der Waals surface area contributed by atoms with Gasteiger partial charge in [0.2, 0.25) is 4.80 Å². The highest BCUT2D eigenvalue weighted by Gasteiger charge is 2.07. The van der Waals surface area contributed by atoms with Crippen molar-refractivity contribution in [1.82, 2.24) is 9.66 Å². The Morgan fingerprint density at radius 1 is 1.24 bits per heavy atom. The molecule has 0 amide bonds. The van der Waals surface area contributed by atoms with E-state index >= 15 is 0 Å². The normalized spacial score (nSPS) is 12.3. The Hall–Kier alpha value is -2.05. The zero-order chi connectivity index (χ0) is 14.5. The summed E-state index contributed by atoms with van der Waals surface area (Å²) in [6.45, 7) is 2.77. The minimum atomic E-state index is 0.745. The minimum Gasteiger partial charge on any atom is -0.265 e. The van der Waals surface area contributed by atoms with Crippen LogP contribution >= 0.6 is 22.7 Å². The van der Waals surface area contributed by atoms with Crippen LogP contribution in [0.15, 0.2) is 57.5 Å². The third-order valence-electron chi connectivity index (χ3n) is 2.78. The third kappa shape index (κ3) is 3.17. The third-order valence-corrected chi connectivity index (χ3v) is 4.53. The van der Waals surface area contributed by atoms with E-state index < -0.39 is 0 Å². The van der Waals surface area contributed by atoms with E-state index in [0.29, 0.717) is 0 Å². The van der Waals surface area contributed by atoms with E-state index in [9.17, 15) is 0 Å². The fourth-order valence-corrected chi connectivity index (χ4v) is 3.52. The first-order chi connectivity index (χ1) is 10.4.